The number of nitrogens with zero attached hydrogens (tertiary/aromatic N) is 1. The Labute approximate surface area is 125 Å². The molecule has 1 saturated heterocycles. The van der Waals surface area contributed by atoms with Crippen LogP contribution in [0.2, 0.25) is 0 Å². The molecule has 0 spiro atoms. The van der Waals surface area contributed by atoms with Crippen molar-refractivity contribution in [3.05, 3.63) is 29.8 Å². The molecule has 0 radical (unpaired) electrons. The smallest absolute Gasteiger partial charge is 0.243 e. The normalized spacial score (nSPS) is 18.8. The van der Waals surface area contributed by atoms with Gasteiger partial charge in [-0.05, 0) is 38.0 Å². The summed E-state index contributed by atoms with van der Waals surface area (Å²) in [5.41, 5.74) is -0.241. The molecule has 5 nitrogen and oxygen atoms in total. The predicted molar refractivity (Wildman–Crippen MR) is 79.0 cm³/mol. The molecule has 1 aromatic carbocycles. The molecule has 1 fully saturated rings. The molecule has 1 aliphatic heterocycles. The molecule has 6 heteroatoms. The monoisotopic (exact) mass is 309 g/mol. The van der Waals surface area contributed by atoms with Gasteiger partial charge in [0.1, 0.15) is 6.61 Å². The summed E-state index contributed by atoms with van der Waals surface area (Å²) in [6.07, 6.45) is 0.854. The first kappa shape index (κ1) is 16.0. The average molecular weight is 309 g/mol. The van der Waals surface area contributed by atoms with Gasteiger partial charge in [0.25, 0.3) is 0 Å². The highest BCUT2D eigenvalue weighted by Gasteiger charge is 2.33. The summed E-state index contributed by atoms with van der Waals surface area (Å²) in [6, 6.07) is 6.37. The molecule has 0 bridgehead atoms. The second-order valence-electron chi connectivity index (χ2n) is 5.39. The van der Waals surface area contributed by atoms with E-state index in [4.69, 9.17) is 5.11 Å². The Bertz CT molecular complexity index is 660. The SMILES string of the molecule is CC1(O)CCN(S(=O)(=O)c2cccc(C#CCO)c2)CC1. The zero-order chi connectivity index (χ0) is 15.5. The Balaban J connectivity index is 2.24. The quantitative estimate of drug-likeness (QED) is 0.783. The Morgan fingerprint density at radius 1 is 1.33 bits per heavy atom. The molecule has 21 heavy (non-hydrogen) atoms. The number of sulfonamides is 1. The summed E-state index contributed by atoms with van der Waals surface area (Å²) >= 11 is 0. The van der Waals surface area contributed by atoms with Gasteiger partial charge in [-0.2, -0.15) is 4.31 Å². The molecule has 0 amide bonds. The lowest BCUT2D eigenvalue weighted by Gasteiger charge is -2.34. The van der Waals surface area contributed by atoms with Gasteiger partial charge in [0, 0.05) is 18.7 Å². The third kappa shape index (κ3) is 3.83. The fourth-order valence-corrected chi connectivity index (χ4v) is 3.72. The lowest BCUT2D eigenvalue weighted by atomic mass is 9.95. The van der Waals surface area contributed by atoms with Gasteiger partial charge in [0.2, 0.25) is 10.0 Å². The van der Waals surface area contributed by atoms with Crippen LogP contribution in [0.5, 0.6) is 0 Å². The summed E-state index contributed by atoms with van der Waals surface area (Å²) in [5, 5.41) is 18.6. The maximum Gasteiger partial charge on any atom is 0.243 e. The number of piperidine rings is 1. The van der Waals surface area contributed by atoms with Crippen molar-refractivity contribution in [2.75, 3.05) is 19.7 Å². The highest BCUT2D eigenvalue weighted by atomic mass is 32.2. The van der Waals surface area contributed by atoms with Crippen LogP contribution < -0.4 is 0 Å². The number of aliphatic hydroxyl groups excluding tert-OH is 1. The molecule has 2 rings (SSSR count). The maximum absolute atomic E-state index is 12.6. The van der Waals surface area contributed by atoms with Gasteiger partial charge < -0.3 is 10.2 Å². The third-order valence-electron chi connectivity index (χ3n) is 3.58. The van der Waals surface area contributed by atoms with Gasteiger partial charge in [0.05, 0.1) is 10.5 Å². The maximum atomic E-state index is 12.6. The van der Waals surface area contributed by atoms with E-state index in [0.29, 0.717) is 31.5 Å². The van der Waals surface area contributed by atoms with Gasteiger partial charge in [-0.15, -0.1) is 0 Å². The molecule has 0 aromatic heterocycles. The second kappa shape index (κ2) is 6.16. The number of aliphatic hydroxyl groups is 2. The van der Waals surface area contributed by atoms with Crippen LogP contribution in [-0.2, 0) is 10.0 Å². The standard InChI is InChI=1S/C15H19NO4S/c1-15(18)7-9-16(10-8-15)21(19,20)14-6-2-4-13(12-14)5-3-11-17/h2,4,6,12,17-18H,7-11H2,1H3. The van der Waals surface area contributed by atoms with E-state index in [1.807, 2.05) is 0 Å². The van der Waals surface area contributed by atoms with E-state index in [1.54, 1.807) is 19.1 Å². The van der Waals surface area contributed by atoms with Crippen molar-refractivity contribution in [3.8, 4) is 11.8 Å². The first-order valence-corrected chi connectivity index (χ1v) is 8.21. The first-order chi connectivity index (χ1) is 9.85. The predicted octanol–water partition coefficient (Wildman–Crippen LogP) is 0.566. The summed E-state index contributed by atoms with van der Waals surface area (Å²) < 4.78 is 26.5. The fourth-order valence-electron chi connectivity index (χ4n) is 2.23. The molecule has 0 atom stereocenters. The second-order valence-corrected chi connectivity index (χ2v) is 7.33. The number of benzene rings is 1. The van der Waals surface area contributed by atoms with Crippen LogP contribution in [0.4, 0.5) is 0 Å². The number of hydrogen-bond acceptors (Lipinski definition) is 4. The van der Waals surface area contributed by atoms with Gasteiger partial charge in [-0.3, -0.25) is 0 Å². The molecule has 0 aliphatic carbocycles. The van der Waals surface area contributed by atoms with E-state index < -0.39 is 15.6 Å². The topological polar surface area (TPSA) is 77.8 Å². The zero-order valence-electron chi connectivity index (χ0n) is 11.9. The molecule has 0 unspecified atom stereocenters. The van der Waals surface area contributed by atoms with Crippen LogP contribution in [-0.4, -0.2) is 48.2 Å². The Morgan fingerprint density at radius 2 is 2.00 bits per heavy atom. The van der Waals surface area contributed by atoms with E-state index in [-0.39, 0.29) is 11.5 Å². The molecule has 1 aliphatic rings. The molecule has 0 saturated carbocycles. The Kier molecular flexibility index (Phi) is 4.69. The van der Waals surface area contributed by atoms with Gasteiger partial charge in [0.15, 0.2) is 0 Å². The summed E-state index contributed by atoms with van der Waals surface area (Å²) in [4.78, 5) is 0.189. The van der Waals surface area contributed by atoms with Crippen molar-refractivity contribution in [1.29, 1.82) is 0 Å². The molecular formula is C15H19NO4S. The van der Waals surface area contributed by atoms with Gasteiger partial charge in [-0.25, -0.2) is 8.42 Å². The van der Waals surface area contributed by atoms with E-state index in [2.05, 4.69) is 11.8 Å². The van der Waals surface area contributed by atoms with E-state index >= 15 is 0 Å². The average Bonchev–Trinajstić information content (AvgIpc) is 2.45. The fraction of sp³-hybridized carbons (Fsp3) is 0.467. The Hall–Kier alpha value is -1.39. The van der Waals surface area contributed by atoms with Crippen LogP contribution >= 0.6 is 0 Å². The van der Waals surface area contributed by atoms with Crippen molar-refractivity contribution in [1.82, 2.24) is 4.31 Å². The minimum absolute atomic E-state index is 0.189. The number of hydrogen-bond donors (Lipinski definition) is 2. The minimum Gasteiger partial charge on any atom is -0.390 e. The van der Waals surface area contributed by atoms with Crippen LogP contribution in [0, 0.1) is 11.8 Å². The molecule has 1 aromatic rings. The lowest BCUT2D eigenvalue weighted by Crippen LogP contribution is -2.45. The summed E-state index contributed by atoms with van der Waals surface area (Å²) in [7, 11) is -3.57. The highest BCUT2D eigenvalue weighted by molar-refractivity contribution is 7.89. The largest absolute Gasteiger partial charge is 0.390 e. The highest BCUT2D eigenvalue weighted by Crippen LogP contribution is 2.26. The Morgan fingerprint density at radius 3 is 2.62 bits per heavy atom. The number of rotatable bonds is 2. The molecule has 114 valence electrons. The van der Waals surface area contributed by atoms with Crippen LogP contribution in [0.3, 0.4) is 0 Å². The van der Waals surface area contributed by atoms with Crippen molar-refractivity contribution in [3.63, 3.8) is 0 Å². The van der Waals surface area contributed by atoms with E-state index in [0.717, 1.165) is 0 Å². The van der Waals surface area contributed by atoms with Gasteiger partial charge in [-0.1, -0.05) is 17.9 Å². The van der Waals surface area contributed by atoms with Gasteiger partial charge >= 0.3 is 0 Å². The zero-order valence-corrected chi connectivity index (χ0v) is 12.7. The van der Waals surface area contributed by atoms with E-state index in [9.17, 15) is 13.5 Å². The van der Waals surface area contributed by atoms with Crippen molar-refractivity contribution < 1.29 is 18.6 Å². The molecule has 2 N–H and O–H groups in total. The first-order valence-electron chi connectivity index (χ1n) is 6.77. The van der Waals surface area contributed by atoms with E-state index in [1.165, 1.54) is 16.4 Å². The lowest BCUT2D eigenvalue weighted by molar-refractivity contribution is 0.0126. The van der Waals surface area contributed by atoms with Crippen LogP contribution in [0.1, 0.15) is 25.3 Å². The molecule has 1 heterocycles. The van der Waals surface area contributed by atoms with Crippen molar-refractivity contribution >= 4 is 10.0 Å². The van der Waals surface area contributed by atoms with Crippen LogP contribution in [0.15, 0.2) is 29.2 Å². The third-order valence-corrected chi connectivity index (χ3v) is 5.48. The summed E-state index contributed by atoms with van der Waals surface area (Å²) in [6.45, 7) is 2.07. The summed E-state index contributed by atoms with van der Waals surface area (Å²) in [5.74, 6) is 5.20. The molecular weight excluding hydrogens is 290 g/mol. The van der Waals surface area contributed by atoms with Crippen molar-refractivity contribution in [2.24, 2.45) is 0 Å². The van der Waals surface area contributed by atoms with Crippen LogP contribution in [0.25, 0.3) is 0 Å². The minimum atomic E-state index is -3.57. The van der Waals surface area contributed by atoms with Crippen molar-refractivity contribution in [2.45, 2.75) is 30.3 Å².